The van der Waals surface area contributed by atoms with Crippen molar-refractivity contribution in [3.8, 4) is 0 Å². The molecule has 19 heavy (non-hydrogen) atoms. The van der Waals surface area contributed by atoms with E-state index in [1.165, 1.54) is 7.11 Å². The molecule has 0 aromatic carbocycles. The first kappa shape index (κ1) is 12.6. The second kappa shape index (κ2) is 4.30. The van der Waals surface area contributed by atoms with E-state index in [2.05, 4.69) is 10.1 Å². The lowest BCUT2D eigenvalue weighted by molar-refractivity contribution is -0.144. The van der Waals surface area contributed by atoms with Crippen LogP contribution in [0.15, 0.2) is 4.52 Å². The van der Waals surface area contributed by atoms with E-state index in [0.717, 1.165) is 25.7 Å². The van der Waals surface area contributed by atoms with Gasteiger partial charge in [-0.3, -0.25) is 4.79 Å². The lowest BCUT2D eigenvalue weighted by Crippen LogP contribution is -2.27. The zero-order valence-electron chi connectivity index (χ0n) is 11.3. The maximum Gasteiger partial charge on any atom is 0.321 e. The summed E-state index contributed by atoms with van der Waals surface area (Å²) in [6, 6.07) is 0. The molecule has 0 unspecified atom stereocenters. The number of carbonyl (C=O) groups is 1. The number of rotatable bonds is 4. The summed E-state index contributed by atoms with van der Waals surface area (Å²) in [5.41, 5.74) is -1.14. The number of hydrogen-bond donors (Lipinski definition) is 0. The van der Waals surface area contributed by atoms with Crippen LogP contribution in [-0.4, -0.2) is 30.3 Å². The summed E-state index contributed by atoms with van der Waals surface area (Å²) in [5.74, 6) is 0.649. The number of hydrogen-bond acceptors (Lipinski definition) is 6. The molecule has 6 nitrogen and oxygen atoms in total. The van der Waals surface area contributed by atoms with Gasteiger partial charge in [0.05, 0.1) is 7.11 Å². The molecule has 0 atom stereocenters. The molecule has 0 amide bonds. The van der Waals surface area contributed by atoms with Gasteiger partial charge in [0.1, 0.15) is 11.0 Å². The second-order valence-electron chi connectivity index (χ2n) is 5.40. The van der Waals surface area contributed by atoms with Crippen molar-refractivity contribution in [2.75, 3.05) is 14.2 Å². The number of esters is 1. The summed E-state index contributed by atoms with van der Waals surface area (Å²) in [6.45, 7) is 0. The largest absolute Gasteiger partial charge is 0.468 e. The Hall–Kier alpha value is -1.43. The first-order chi connectivity index (χ1) is 9.17. The van der Waals surface area contributed by atoms with E-state index in [4.69, 9.17) is 14.0 Å². The van der Waals surface area contributed by atoms with Crippen LogP contribution in [0.5, 0.6) is 0 Å². The van der Waals surface area contributed by atoms with Crippen molar-refractivity contribution in [3.63, 3.8) is 0 Å². The molecular formula is C13H18N2O4. The molecule has 2 saturated carbocycles. The van der Waals surface area contributed by atoms with E-state index in [9.17, 15) is 4.79 Å². The van der Waals surface area contributed by atoms with Crippen LogP contribution in [0.1, 0.15) is 50.2 Å². The molecule has 3 rings (SSSR count). The third-order valence-corrected chi connectivity index (χ3v) is 4.37. The van der Waals surface area contributed by atoms with Crippen LogP contribution in [0.2, 0.25) is 0 Å². The fourth-order valence-electron chi connectivity index (χ4n) is 2.89. The van der Waals surface area contributed by atoms with Crippen LogP contribution in [0.25, 0.3) is 0 Å². The zero-order chi connectivity index (χ0) is 13.5. The molecule has 6 heteroatoms. The van der Waals surface area contributed by atoms with Gasteiger partial charge in [0, 0.05) is 7.11 Å². The Morgan fingerprint density at radius 1 is 1.21 bits per heavy atom. The molecule has 0 saturated heterocycles. The molecular weight excluding hydrogens is 248 g/mol. The standard InChI is InChI=1S/C13H18N2O4/c1-17-11(16)12(7-8-12)10-14-9(15-19-10)13(18-2)5-3-4-6-13/h3-8H2,1-2H3. The SMILES string of the molecule is COC(=O)C1(c2nc(C3(OC)CCCC3)no2)CC1. The minimum Gasteiger partial charge on any atom is -0.468 e. The molecule has 2 aliphatic carbocycles. The number of ether oxygens (including phenoxy) is 2. The predicted molar refractivity (Wildman–Crippen MR) is 64.4 cm³/mol. The van der Waals surface area contributed by atoms with Crippen molar-refractivity contribution in [1.29, 1.82) is 0 Å². The van der Waals surface area contributed by atoms with E-state index < -0.39 is 11.0 Å². The normalized spacial score (nSPS) is 23.3. The van der Waals surface area contributed by atoms with E-state index in [0.29, 0.717) is 24.6 Å². The fourth-order valence-corrected chi connectivity index (χ4v) is 2.89. The Balaban J connectivity index is 1.90. The highest BCUT2D eigenvalue weighted by Gasteiger charge is 2.58. The summed E-state index contributed by atoms with van der Waals surface area (Å²) in [5, 5.41) is 4.05. The maximum atomic E-state index is 11.8. The lowest BCUT2D eigenvalue weighted by atomic mass is 10.0. The van der Waals surface area contributed by atoms with Crippen molar-refractivity contribution >= 4 is 5.97 Å². The maximum absolute atomic E-state index is 11.8. The smallest absolute Gasteiger partial charge is 0.321 e. The van der Waals surface area contributed by atoms with Gasteiger partial charge in [0.15, 0.2) is 0 Å². The average molecular weight is 266 g/mol. The Morgan fingerprint density at radius 3 is 2.42 bits per heavy atom. The molecule has 1 aromatic heterocycles. The molecule has 2 aliphatic rings. The Kier molecular flexibility index (Phi) is 2.85. The van der Waals surface area contributed by atoms with E-state index in [1.54, 1.807) is 7.11 Å². The van der Waals surface area contributed by atoms with Gasteiger partial charge in [-0.2, -0.15) is 4.98 Å². The highest BCUT2D eigenvalue weighted by molar-refractivity contribution is 5.85. The van der Waals surface area contributed by atoms with Gasteiger partial charge < -0.3 is 14.0 Å². The van der Waals surface area contributed by atoms with Crippen molar-refractivity contribution in [3.05, 3.63) is 11.7 Å². The van der Waals surface area contributed by atoms with Crippen molar-refractivity contribution in [2.45, 2.75) is 49.5 Å². The molecule has 0 N–H and O–H groups in total. The van der Waals surface area contributed by atoms with E-state index >= 15 is 0 Å². The summed E-state index contributed by atoms with van der Waals surface area (Å²) in [7, 11) is 3.06. The van der Waals surface area contributed by atoms with Gasteiger partial charge in [0.25, 0.3) is 0 Å². The molecule has 104 valence electrons. The molecule has 0 aliphatic heterocycles. The molecule has 0 radical (unpaired) electrons. The third kappa shape index (κ3) is 1.77. The van der Waals surface area contributed by atoms with Crippen LogP contribution in [0, 0.1) is 0 Å². The minimum atomic E-state index is -0.701. The Bertz CT molecular complexity index is 487. The molecule has 2 fully saturated rings. The number of carbonyl (C=O) groups excluding carboxylic acids is 1. The van der Waals surface area contributed by atoms with Gasteiger partial charge in [0.2, 0.25) is 11.7 Å². The highest BCUT2D eigenvalue weighted by Crippen LogP contribution is 2.49. The van der Waals surface area contributed by atoms with Crippen LogP contribution in [0.3, 0.4) is 0 Å². The van der Waals surface area contributed by atoms with Crippen LogP contribution < -0.4 is 0 Å². The van der Waals surface area contributed by atoms with Gasteiger partial charge in [-0.1, -0.05) is 5.16 Å². The highest BCUT2D eigenvalue weighted by atomic mass is 16.5. The van der Waals surface area contributed by atoms with E-state index in [1.807, 2.05) is 0 Å². The van der Waals surface area contributed by atoms with Crippen molar-refractivity contribution < 1.29 is 18.8 Å². The second-order valence-corrected chi connectivity index (χ2v) is 5.40. The summed E-state index contributed by atoms with van der Waals surface area (Å²) >= 11 is 0. The van der Waals surface area contributed by atoms with Crippen molar-refractivity contribution in [2.24, 2.45) is 0 Å². The van der Waals surface area contributed by atoms with Crippen LogP contribution in [0.4, 0.5) is 0 Å². The minimum absolute atomic E-state index is 0.291. The summed E-state index contributed by atoms with van der Waals surface area (Å²) in [6.07, 6.45) is 5.41. The average Bonchev–Trinajstić information content (AvgIpc) is 2.91. The summed E-state index contributed by atoms with van der Waals surface area (Å²) < 4.78 is 15.7. The Morgan fingerprint density at radius 2 is 1.89 bits per heavy atom. The fraction of sp³-hybridized carbons (Fsp3) is 0.769. The first-order valence-corrected chi connectivity index (χ1v) is 6.65. The van der Waals surface area contributed by atoms with E-state index in [-0.39, 0.29) is 5.97 Å². The molecule has 1 heterocycles. The monoisotopic (exact) mass is 266 g/mol. The van der Waals surface area contributed by atoms with Crippen LogP contribution >= 0.6 is 0 Å². The van der Waals surface area contributed by atoms with Crippen molar-refractivity contribution in [1.82, 2.24) is 10.1 Å². The quantitative estimate of drug-likeness (QED) is 0.772. The van der Waals surface area contributed by atoms with Gasteiger partial charge in [-0.25, -0.2) is 0 Å². The lowest BCUT2D eigenvalue weighted by Gasteiger charge is -2.22. The predicted octanol–water partition coefficient (Wildman–Crippen LogP) is 1.69. The first-order valence-electron chi connectivity index (χ1n) is 6.65. The number of nitrogens with zero attached hydrogens (tertiary/aromatic N) is 2. The Labute approximate surface area is 111 Å². The molecule has 1 aromatic rings. The van der Waals surface area contributed by atoms with Gasteiger partial charge in [-0.05, 0) is 38.5 Å². The molecule has 0 spiro atoms. The number of methoxy groups -OCH3 is 2. The third-order valence-electron chi connectivity index (χ3n) is 4.37. The molecule has 0 bridgehead atoms. The number of aromatic nitrogens is 2. The topological polar surface area (TPSA) is 74.5 Å². The van der Waals surface area contributed by atoms with Gasteiger partial charge in [-0.15, -0.1) is 0 Å². The van der Waals surface area contributed by atoms with Crippen LogP contribution in [-0.2, 0) is 25.3 Å². The zero-order valence-corrected chi connectivity index (χ0v) is 11.3. The van der Waals surface area contributed by atoms with Gasteiger partial charge >= 0.3 is 5.97 Å². The summed E-state index contributed by atoms with van der Waals surface area (Å²) in [4.78, 5) is 16.2.